The Bertz CT molecular complexity index is 570. The van der Waals surface area contributed by atoms with Crippen LogP contribution in [0.2, 0.25) is 0 Å². The van der Waals surface area contributed by atoms with Crippen molar-refractivity contribution < 1.29 is 19.5 Å². The molecule has 0 unspecified atom stereocenters. The molecule has 0 aliphatic rings. The van der Waals surface area contributed by atoms with Gasteiger partial charge in [0, 0.05) is 37.9 Å². The number of carbonyl (C=O) groups is 3. The number of carboxylic acids is 1. The molecule has 0 aliphatic heterocycles. The molecule has 0 spiro atoms. The van der Waals surface area contributed by atoms with E-state index in [1.165, 1.54) is 11.9 Å². The fourth-order valence-corrected chi connectivity index (χ4v) is 2.01. The molecule has 2 N–H and O–H groups in total. The van der Waals surface area contributed by atoms with Gasteiger partial charge in [-0.25, -0.2) is 4.79 Å². The van der Waals surface area contributed by atoms with Gasteiger partial charge < -0.3 is 20.2 Å². The predicted octanol–water partition coefficient (Wildman–Crippen LogP) is 2.11. The molecule has 126 valence electrons. The van der Waals surface area contributed by atoms with E-state index in [2.05, 4.69) is 5.32 Å². The topological polar surface area (TPSA) is 90.0 Å². The number of carbonyl (C=O) groups excluding carboxylic acids is 2. The van der Waals surface area contributed by atoms with Crippen LogP contribution >= 0.6 is 0 Å². The Kier molecular flexibility index (Phi) is 7.05. The molecule has 0 fully saturated rings. The van der Waals surface area contributed by atoms with Gasteiger partial charge in [0.2, 0.25) is 0 Å². The van der Waals surface area contributed by atoms with Crippen LogP contribution in [-0.4, -0.2) is 59.5 Å². The first-order valence-electron chi connectivity index (χ1n) is 7.52. The summed E-state index contributed by atoms with van der Waals surface area (Å²) in [6.45, 7) is 5.15. The van der Waals surface area contributed by atoms with E-state index in [1.807, 2.05) is 13.8 Å². The molecule has 1 aromatic rings. The van der Waals surface area contributed by atoms with Crippen LogP contribution in [0.25, 0.3) is 0 Å². The average molecular weight is 321 g/mol. The number of hydrogen-bond acceptors (Lipinski definition) is 3. The summed E-state index contributed by atoms with van der Waals surface area (Å²) in [5, 5.41) is 11.3. The number of anilines is 1. The molecule has 1 rings (SSSR count). The molecule has 0 aromatic heterocycles. The monoisotopic (exact) mass is 321 g/mol. The van der Waals surface area contributed by atoms with Crippen LogP contribution in [0.3, 0.4) is 0 Å². The van der Waals surface area contributed by atoms with Crippen LogP contribution in [0.1, 0.15) is 30.6 Å². The normalized spacial score (nSPS) is 10.0. The van der Waals surface area contributed by atoms with E-state index >= 15 is 0 Å². The zero-order chi connectivity index (χ0) is 17.4. The highest BCUT2D eigenvalue weighted by Crippen LogP contribution is 2.13. The van der Waals surface area contributed by atoms with Crippen molar-refractivity contribution in [1.29, 1.82) is 0 Å². The summed E-state index contributed by atoms with van der Waals surface area (Å²) in [5.74, 6) is -1.05. The van der Waals surface area contributed by atoms with Crippen molar-refractivity contribution in [3.63, 3.8) is 0 Å². The maximum absolute atomic E-state index is 12.3. The lowest BCUT2D eigenvalue weighted by Crippen LogP contribution is -2.33. The van der Waals surface area contributed by atoms with Gasteiger partial charge in [0.15, 0.2) is 0 Å². The number of aliphatic carboxylic acids is 1. The molecule has 0 aliphatic carbocycles. The molecule has 0 saturated carbocycles. The van der Waals surface area contributed by atoms with Crippen LogP contribution < -0.4 is 5.32 Å². The molecule has 1 aromatic carbocycles. The minimum atomic E-state index is -0.962. The molecule has 0 heterocycles. The number of amides is 3. The first-order chi connectivity index (χ1) is 10.9. The molecule has 0 bridgehead atoms. The van der Waals surface area contributed by atoms with Crippen molar-refractivity contribution in [1.82, 2.24) is 9.80 Å². The van der Waals surface area contributed by atoms with Gasteiger partial charge in [-0.3, -0.25) is 9.59 Å². The average Bonchev–Trinajstić information content (AvgIpc) is 2.53. The SMILES string of the molecule is CCN(CC)C(=O)c1cccc(NC(=O)N(C)CCC(=O)O)c1. The third-order valence-electron chi connectivity index (χ3n) is 3.42. The molecule has 23 heavy (non-hydrogen) atoms. The highest BCUT2D eigenvalue weighted by atomic mass is 16.4. The van der Waals surface area contributed by atoms with Gasteiger partial charge >= 0.3 is 12.0 Å². The van der Waals surface area contributed by atoms with Crippen molar-refractivity contribution in [2.75, 3.05) is 32.0 Å². The van der Waals surface area contributed by atoms with Gasteiger partial charge in [-0.05, 0) is 32.0 Å². The second-order valence-electron chi connectivity index (χ2n) is 5.05. The Morgan fingerprint density at radius 1 is 1.17 bits per heavy atom. The van der Waals surface area contributed by atoms with E-state index in [4.69, 9.17) is 5.11 Å². The quantitative estimate of drug-likeness (QED) is 0.805. The standard InChI is InChI=1S/C16H23N3O4/c1-4-19(5-2)15(22)12-7-6-8-13(11-12)17-16(23)18(3)10-9-14(20)21/h6-8,11H,4-5,9-10H2,1-3H3,(H,17,23)(H,20,21). The lowest BCUT2D eigenvalue weighted by Gasteiger charge is -2.20. The molecule has 7 nitrogen and oxygen atoms in total. The molecule has 0 saturated heterocycles. The van der Waals surface area contributed by atoms with Crippen LogP contribution in [0, 0.1) is 0 Å². The Morgan fingerprint density at radius 3 is 2.39 bits per heavy atom. The minimum Gasteiger partial charge on any atom is -0.481 e. The van der Waals surface area contributed by atoms with Crippen molar-refractivity contribution >= 4 is 23.6 Å². The van der Waals surface area contributed by atoms with Crippen LogP contribution in [0.4, 0.5) is 10.5 Å². The zero-order valence-electron chi connectivity index (χ0n) is 13.7. The van der Waals surface area contributed by atoms with Crippen molar-refractivity contribution in [2.45, 2.75) is 20.3 Å². The van der Waals surface area contributed by atoms with Gasteiger partial charge in [0.25, 0.3) is 5.91 Å². The smallest absolute Gasteiger partial charge is 0.321 e. The first-order valence-corrected chi connectivity index (χ1v) is 7.52. The molecule has 0 radical (unpaired) electrons. The van der Waals surface area contributed by atoms with Crippen LogP contribution in [-0.2, 0) is 4.79 Å². The summed E-state index contributed by atoms with van der Waals surface area (Å²) in [5.41, 5.74) is 0.995. The summed E-state index contributed by atoms with van der Waals surface area (Å²) in [6.07, 6.45) is -0.121. The Morgan fingerprint density at radius 2 is 1.83 bits per heavy atom. The van der Waals surface area contributed by atoms with E-state index in [1.54, 1.807) is 29.2 Å². The van der Waals surface area contributed by atoms with Crippen molar-refractivity contribution in [3.05, 3.63) is 29.8 Å². The summed E-state index contributed by atoms with van der Waals surface area (Å²) < 4.78 is 0. The number of benzene rings is 1. The summed E-state index contributed by atoms with van der Waals surface area (Å²) in [6, 6.07) is 6.28. The van der Waals surface area contributed by atoms with Crippen molar-refractivity contribution in [2.24, 2.45) is 0 Å². The van der Waals surface area contributed by atoms with E-state index in [9.17, 15) is 14.4 Å². The highest BCUT2D eigenvalue weighted by molar-refractivity contribution is 5.96. The maximum atomic E-state index is 12.3. The summed E-state index contributed by atoms with van der Waals surface area (Å²) in [4.78, 5) is 37.8. The predicted molar refractivity (Wildman–Crippen MR) is 87.6 cm³/mol. The molecular weight excluding hydrogens is 298 g/mol. The maximum Gasteiger partial charge on any atom is 0.321 e. The largest absolute Gasteiger partial charge is 0.481 e. The number of urea groups is 1. The lowest BCUT2D eigenvalue weighted by molar-refractivity contribution is -0.137. The summed E-state index contributed by atoms with van der Waals surface area (Å²) in [7, 11) is 1.52. The molecule has 0 atom stereocenters. The molecule has 7 heteroatoms. The van der Waals surface area contributed by atoms with Gasteiger partial charge in [0.05, 0.1) is 6.42 Å². The van der Waals surface area contributed by atoms with Crippen LogP contribution in [0.15, 0.2) is 24.3 Å². The van der Waals surface area contributed by atoms with E-state index < -0.39 is 12.0 Å². The van der Waals surface area contributed by atoms with Crippen LogP contribution in [0.5, 0.6) is 0 Å². The van der Waals surface area contributed by atoms with E-state index in [-0.39, 0.29) is 18.9 Å². The number of rotatable bonds is 7. The second-order valence-corrected chi connectivity index (χ2v) is 5.05. The van der Waals surface area contributed by atoms with Crippen molar-refractivity contribution in [3.8, 4) is 0 Å². The first kappa shape index (κ1) is 18.5. The minimum absolute atomic E-state index is 0.0923. The Labute approximate surface area is 135 Å². The van der Waals surface area contributed by atoms with Gasteiger partial charge in [-0.1, -0.05) is 6.07 Å². The Balaban J connectivity index is 2.75. The summed E-state index contributed by atoms with van der Waals surface area (Å²) >= 11 is 0. The third kappa shape index (κ3) is 5.61. The second kappa shape index (κ2) is 8.77. The number of nitrogens with zero attached hydrogens (tertiary/aromatic N) is 2. The lowest BCUT2D eigenvalue weighted by atomic mass is 10.1. The molecular formula is C16H23N3O4. The number of carboxylic acid groups (broad SMARTS) is 1. The fourth-order valence-electron chi connectivity index (χ4n) is 2.01. The van der Waals surface area contributed by atoms with Gasteiger partial charge in [0.1, 0.15) is 0 Å². The van der Waals surface area contributed by atoms with E-state index in [0.717, 1.165) is 0 Å². The Hall–Kier alpha value is -2.57. The number of nitrogens with one attached hydrogen (secondary N) is 1. The highest BCUT2D eigenvalue weighted by Gasteiger charge is 2.14. The number of hydrogen-bond donors (Lipinski definition) is 2. The zero-order valence-corrected chi connectivity index (χ0v) is 13.7. The fraction of sp³-hybridized carbons (Fsp3) is 0.438. The third-order valence-corrected chi connectivity index (χ3v) is 3.42. The molecule has 3 amide bonds. The van der Waals surface area contributed by atoms with Gasteiger partial charge in [-0.15, -0.1) is 0 Å². The van der Waals surface area contributed by atoms with Gasteiger partial charge in [-0.2, -0.15) is 0 Å². The van der Waals surface area contributed by atoms with E-state index in [0.29, 0.717) is 24.3 Å².